The van der Waals surface area contributed by atoms with E-state index in [2.05, 4.69) is 5.10 Å². The van der Waals surface area contributed by atoms with Gasteiger partial charge >= 0.3 is 5.97 Å². The largest absolute Gasteiger partial charge is 0.497 e. The number of hydrogen-bond acceptors (Lipinski definition) is 4. The molecule has 7 nitrogen and oxygen atoms in total. The lowest BCUT2D eigenvalue weighted by Gasteiger charge is -2.08. The fourth-order valence-electron chi connectivity index (χ4n) is 2.05. The first-order valence-electron chi connectivity index (χ1n) is 6.67. The van der Waals surface area contributed by atoms with E-state index in [4.69, 9.17) is 9.84 Å². The Morgan fingerprint density at radius 2 is 1.95 bits per heavy atom. The summed E-state index contributed by atoms with van der Waals surface area (Å²) < 4.78 is 6.24. The monoisotopic (exact) mass is 304 g/mol. The zero-order valence-electron chi connectivity index (χ0n) is 12.0. The molecule has 0 aliphatic carbocycles. The van der Waals surface area contributed by atoms with Crippen LogP contribution >= 0.6 is 0 Å². The molecule has 22 heavy (non-hydrogen) atoms. The van der Waals surface area contributed by atoms with Crippen LogP contribution in [-0.4, -0.2) is 28.0 Å². The summed E-state index contributed by atoms with van der Waals surface area (Å²) in [5, 5.41) is 11.1. The van der Waals surface area contributed by atoms with E-state index in [1.54, 1.807) is 31.4 Å². The predicted octanol–water partition coefficient (Wildman–Crippen LogP) is 0.611. The van der Waals surface area contributed by atoms with Crippen molar-refractivity contribution in [1.82, 2.24) is 9.78 Å². The van der Waals surface area contributed by atoms with Crippen LogP contribution in [0.25, 0.3) is 0 Å². The third-order valence-electron chi connectivity index (χ3n) is 3.18. The Bertz CT molecular complexity index is 774. The number of carboxylic acids is 1. The van der Waals surface area contributed by atoms with Gasteiger partial charge in [-0.05, 0) is 24.1 Å². The van der Waals surface area contributed by atoms with E-state index in [0.717, 1.165) is 11.6 Å². The maximum Gasteiger partial charge on any atom is 0.303 e. The van der Waals surface area contributed by atoms with E-state index < -0.39 is 17.1 Å². The van der Waals surface area contributed by atoms with Crippen molar-refractivity contribution < 1.29 is 14.6 Å². The van der Waals surface area contributed by atoms with Gasteiger partial charge in [-0.3, -0.25) is 19.5 Å². The van der Waals surface area contributed by atoms with Crippen molar-refractivity contribution in [2.45, 2.75) is 19.4 Å². The van der Waals surface area contributed by atoms with Gasteiger partial charge in [0.2, 0.25) is 0 Å². The van der Waals surface area contributed by atoms with E-state index in [0.29, 0.717) is 5.75 Å². The summed E-state index contributed by atoms with van der Waals surface area (Å²) in [7, 11) is 1.56. The molecule has 0 aliphatic rings. The SMILES string of the molecule is COc1ccc(Cn2[nH]c(=O)cc(CCC(=O)O)c2=O)cc1. The highest BCUT2D eigenvalue weighted by Crippen LogP contribution is 2.11. The minimum Gasteiger partial charge on any atom is -0.497 e. The quantitative estimate of drug-likeness (QED) is 0.814. The molecule has 0 bridgehead atoms. The van der Waals surface area contributed by atoms with Crippen molar-refractivity contribution in [3.8, 4) is 5.75 Å². The Kier molecular flexibility index (Phi) is 4.77. The van der Waals surface area contributed by atoms with Crippen LogP contribution < -0.4 is 15.9 Å². The maximum absolute atomic E-state index is 12.2. The summed E-state index contributed by atoms with van der Waals surface area (Å²) >= 11 is 0. The number of ether oxygens (including phenoxy) is 1. The highest BCUT2D eigenvalue weighted by Gasteiger charge is 2.08. The van der Waals surface area contributed by atoms with E-state index >= 15 is 0 Å². The molecule has 0 radical (unpaired) electrons. The standard InChI is InChI=1S/C15H16N2O5/c1-22-12-5-2-10(3-6-12)9-17-15(21)11(4-7-14(19)20)8-13(18)16-17/h2-3,5-6,8H,4,7,9H2,1H3,(H,16,18)(H,19,20). The minimum atomic E-state index is -1.01. The zero-order chi connectivity index (χ0) is 16.1. The summed E-state index contributed by atoms with van der Waals surface area (Å²) in [4.78, 5) is 34.5. The summed E-state index contributed by atoms with van der Waals surface area (Å²) in [6.45, 7) is 0.193. The highest BCUT2D eigenvalue weighted by molar-refractivity contribution is 5.67. The normalized spacial score (nSPS) is 10.4. The topological polar surface area (TPSA) is 101 Å². The van der Waals surface area contributed by atoms with Crippen molar-refractivity contribution in [1.29, 1.82) is 0 Å². The molecule has 0 saturated heterocycles. The molecule has 1 heterocycles. The average Bonchev–Trinajstić information content (AvgIpc) is 2.49. The van der Waals surface area contributed by atoms with Gasteiger partial charge in [0.25, 0.3) is 11.1 Å². The van der Waals surface area contributed by atoms with Gasteiger partial charge in [0.1, 0.15) is 5.75 Å². The van der Waals surface area contributed by atoms with Crippen LogP contribution in [0.15, 0.2) is 39.9 Å². The molecule has 2 rings (SSSR count). The van der Waals surface area contributed by atoms with Crippen LogP contribution in [0.4, 0.5) is 0 Å². The van der Waals surface area contributed by atoms with Gasteiger partial charge in [0.05, 0.1) is 13.7 Å². The first kappa shape index (κ1) is 15.6. The predicted molar refractivity (Wildman–Crippen MR) is 79.4 cm³/mol. The molecule has 0 atom stereocenters. The molecule has 2 N–H and O–H groups in total. The summed E-state index contributed by atoms with van der Waals surface area (Å²) in [5.41, 5.74) is 0.179. The number of hydrogen-bond donors (Lipinski definition) is 2. The lowest BCUT2D eigenvalue weighted by Crippen LogP contribution is -2.32. The molecular weight excluding hydrogens is 288 g/mol. The number of nitrogens with one attached hydrogen (secondary N) is 1. The van der Waals surface area contributed by atoms with E-state index in [-0.39, 0.29) is 24.9 Å². The molecule has 116 valence electrons. The third-order valence-corrected chi connectivity index (χ3v) is 3.18. The van der Waals surface area contributed by atoms with Gasteiger partial charge in [-0.2, -0.15) is 0 Å². The molecule has 1 aromatic heterocycles. The van der Waals surface area contributed by atoms with Crippen LogP contribution in [-0.2, 0) is 17.8 Å². The van der Waals surface area contributed by atoms with Gasteiger partial charge in [-0.25, -0.2) is 4.68 Å². The molecular formula is C15H16N2O5. The Labute approximate surface area is 125 Å². The number of aromatic nitrogens is 2. The number of benzene rings is 1. The molecule has 0 fully saturated rings. The summed E-state index contributed by atoms with van der Waals surface area (Å²) in [6, 6.07) is 8.23. The van der Waals surface area contributed by atoms with Crippen molar-refractivity contribution in [3.63, 3.8) is 0 Å². The Hall–Kier alpha value is -2.83. The smallest absolute Gasteiger partial charge is 0.303 e. The van der Waals surface area contributed by atoms with Crippen LogP contribution in [0.1, 0.15) is 17.5 Å². The number of rotatable bonds is 6. The van der Waals surface area contributed by atoms with Crippen LogP contribution in [0.2, 0.25) is 0 Å². The van der Waals surface area contributed by atoms with Gasteiger partial charge in [0.15, 0.2) is 0 Å². The summed E-state index contributed by atoms with van der Waals surface area (Å²) in [6.07, 6.45) is -0.165. The molecule has 7 heteroatoms. The number of nitrogens with zero attached hydrogens (tertiary/aromatic N) is 1. The molecule has 0 unspecified atom stereocenters. The number of methoxy groups -OCH3 is 1. The number of carboxylic acid groups (broad SMARTS) is 1. The number of H-pyrrole nitrogens is 1. The number of aryl methyl sites for hydroxylation is 1. The van der Waals surface area contributed by atoms with Gasteiger partial charge in [-0.1, -0.05) is 12.1 Å². The van der Waals surface area contributed by atoms with Gasteiger partial charge in [-0.15, -0.1) is 0 Å². The first-order chi connectivity index (χ1) is 10.5. The second kappa shape index (κ2) is 6.75. The Morgan fingerprint density at radius 1 is 1.27 bits per heavy atom. The van der Waals surface area contributed by atoms with Crippen LogP contribution in [0.5, 0.6) is 5.75 Å². The van der Waals surface area contributed by atoms with E-state index in [9.17, 15) is 14.4 Å². The van der Waals surface area contributed by atoms with Crippen LogP contribution in [0.3, 0.4) is 0 Å². The highest BCUT2D eigenvalue weighted by atomic mass is 16.5. The maximum atomic E-state index is 12.2. The zero-order valence-corrected chi connectivity index (χ0v) is 12.0. The van der Waals surface area contributed by atoms with Gasteiger partial charge in [0, 0.05) is 18.1 Å². The molecule has 0 aliphatic heterocycles. The summed E-state index contributed by atoms with van der Waals surface area (Å²) in [5.74, 6) is -0.318. The number of carbonyl (C=O) groups is 1. The molecule has 2 aromatic rings. The molecule has 1 aromatic carbocycles. The first-order valence-corrected chi connectivity index (χ1v) is 6.67. The van der Waals surface area contributed by atoms with Crippen molar-refractivity contribution in [2.24, 2.45) is 0 Å². The van der Waals surface area contributed by atoms with Crippen molar-refractivity contribution in [2.75, 3.05) is 7.11 Å². The fourth-order valence-corrected chi connectivity index (χ4v) is 2.05. The van der Waals surface area contributed by atoms with E-state index in [1.165, 1.54) is 4.68 Å². The lowest BCUT2D eigenvalue weighted by atomic mass is 10.1. The van der Waals surface area contributed by atoms with Gasteiger partial charge < -0.3 is 9.84 Å². The lowest BCUT2D eigenvalue weighted by molar-refractivity contribution is -0.136. The second-order valence-corrected chi connectivity index (χ2v) is 4.78. The Balaban J connectivity index is 2.28. The number of aliphatic carboxylic acids is 1. The van der Waals surface area contributed by atoms with Crippen molar-refractivity contribution in [3.05, 3.63) is 62.2 Å². The molecule has 0 amide bonds. The second-order valence-electron chi connectivity index (χ2n) is 4.78. The number of aromatic amines is 1. The van der Waals surface area contributed by atoms with E-state index in [1.807, 2.05) is 0 Å². The minimum absolute atomic E-state index is 0.0285. The molecule has 0 saturated carbocycles. The van der Waals surface area contributed by atoms with Crippen molar-refractivity contribution >= 4 is 5.97 Å². The molecule has 0 spiro atoms. The third kappa shape index (κ3) is 3.85. The van der Waals surface area contributed by atoms with Crippen LogP contribution in [0, 0.1) is 0 Å². The average molecular weight is 304 g/mol. The fraction of sp³-hybridized carbons (Fsp3) is 0.267. The Morgan fingerprint density at radius 3 is 2.55 bits per heavy atom.